The number of nitrogens with zero attached hydrogens (tertiary/aromatic N) is 2. The number of ether oxygens (including phenoxy) is 9. The third kappa shape index (κ3) is 17.0. The number of methoxy groups -OCH3 is 1. The van der Waals surface area contributed by atoms with E-state index in [9.17, 15) is 47.9 Å². The largest absolute Gasteiger partial charge is 0.465 e. The molecule has 0 radical (unpaired) electrons. The Morgan fingerprint density at radius 3 is 1.36 bits per heavy atom. The molecule has 0 N–H and O–H groups in total. The Labute approximate surface area is 428 Å². The maximum Gasteiger partial charge on any atom is 0.415 e. The van der Waals surface area contributed by atoms with E-state index in [4.69, 9.17) is 42.6 Å². The van der Waals surface area contributed by atoms with Gasteiger partial charge in [-0.25, -0.2) is 24.0 Å². The summed E-state index contributed by atoms with van der Waals surface area (Å²) in [4.78, 5) is 129. The molecule has 0 spiro atoms. The van der Waals surface area contributed by atoms with E-state index in [1.165, 1.54) is 53.1 Å². The SMILES string of the molecule is C=CC(=O)OCCCCOC(=O)C1CCC(C(=O)Oc2ccc(OC(=O)N3CCN(C(=O)Oc4ccc(OC(=O)C5CCC(C(=O)OCCCCOC(=O)C=C)CC5)c(C(=O)OC)c4)CC3C)cc2C(C)=O)CC1. The molecule has 5 rings (SSSR count). The maximum absolute atomic E-state index is 13.4. The third-order valence-electron chi connectivity index (χ3n) is 12.8. The van der Waals surface area contributed by atoms with Crippen molar-refractivity contribution in [2.24, 2.45) is 23.7 Å². The van der Waals surface area contributed by atoms with E-state index in [0.29, 0.717) is 77.0 Å². The summed E-state index contributed by atoms with van der Waals surface area (Å²) in [5.41, 5.74) is -0.157. The van der Waals surface area contributed by atoms with Crippen LogP contribution in [0.4, 0.5) is 9.59 Å². The van der Waals surface area contributed by atoms with E-state index in [0.717, 1.165) is 19.3 Å². The quantitative estimate of drug-likeness (QED) is 0.0290. The fourth-order valence-corrected chi connectivity index (χ4v) is 8.55. The minimum Gasteiger partial charge on any atom is -0.465 e. The van der Waals surface area contributed by atoms with Crippen LogP contribution in [-0.2, 0) is 52.5 Å². The van der Waals surface area contributed by atoms with Gasteiger partial charge >= 0.3 is 54.0 Å². The van der Waals surface area contributed by atoms with Gasteiger partial charge in [0, 0.05) is 31.8 Å². The first-order valence-corrected chi connectivity index (χ1v) is 24.7. The van der Waals surface area contributed by atoms with Crippen LogP contribution in [0, 0.1) is 23.7 Å². The molecule has 2 saturated carbocycles. The van der Waals surface area contributed by atoms with Crippen LogP contribution < -0.4 is 18.9 Å². The molecule has 0 aromatic heterocycles. The maximum atomic E-state index is 13.4. The zero-order valence-electron chi connectivity index (χ0n) is 42.0. The van der Waals surface area contributed by atoms with Crippen molar-refractivity contribution in [3.05, 3.63) is 72.8 Å². The Morgan fingerprint density at radius 1 is 0.541 bits per heavy atom. The summed E-state index contributed by atoms with van der Waals surface area (Å²) in [6.45, 7) is 10.5. The highest BCUT2D eigenvalue weighted by atomic mass is 16.6. The van der Waals surface area contributed by atoms with E-state index < -0.39 is 65.7 Å². The van der Waals surface area contributed by atoms with Crippen molar-refractivity contribution in [2.45, 2.75) is 96.9 Å². The molecule has 1 saturated heterocycles. The molecule has 21 heteroatoms. The number of hydrogen-bond donors (Lipinski definition) is 0. The zero-order chi connectivity index (χ0) is 53.7. The molecule has 74 heavy (non-hydrogen) atoms. The Kier molecular flexibility index (Phi) is 22.2. The molecule has 1 atom stereocenters. The number of amides is 2. The molecule has 2 aromatic rings. The average molecular weight is 1030 g/mol. The second kappa shape index (κ2) is 28.6. The first-order chi connectivity index (χ1) is 35.5. The number of rotatable bonds is 22. The minimum atomic E-state index is -0.852. The molecular weight excluding hydrogens is 969 g/mol. The number of esters is 7. The average Bonchev–Trinajstić information content (AvgIpc) is 3.40. The molecule has 1 aliphatic heterocycles. The minimum absolute atomic E-state index is 0.00950. The standard InChI is InChI=1S/C53H64N2O19/c1-6-45(57)67-26-8-10-28-69-47(59)35-12-16-37(17-13-35)49(61)73-43-22-20-39(30-41(43)34(4)56)72-53(65)55-25-24-54(32-33(55)3)52(64)71-40-21-23-44(42(31-40)51(63)66-5)74-50(62)38-18-14-36(15-19-38)48(60)70-29-11-9-27-68-46(58)7-2/h6-7,20-23,30-31,33,35-38H,1-2,8-19,24-29,32H2,3-5H3. The van der Waals surface area contributed by atoms with Crippen LogP contribution in [0.1, 0.15) is 112 Å². The van der Waals surface area contributed by atoms with Crippen molar-refractivity contribution in [3.63, 3.8) is 0 Å². The highest BCUT2D eigenvalue weighted by molar-refractivity contribution is 5.98. The summed E-state index contributed by atoms with van der Waals surface area (Å²) < 4.78 is 48.0. The highest BCUT2D eigenvalue weighted by Gasteiger charge is 2.36. The fraction of sp³-hybridized carbons (Fsp3) is 0.509. The molecule has 2 aliphatic carbocycles. The summed E-state index contributed by atoms with van der Waals surface area (Å²) in [5.74, 6) is -6.18. The second-order valence-electron chi connectivity index (χ2n) is 18.0. The Hall–Kier alpha value is -7.58. The van der Waals surface area contributed by atoms with Gasteiger partial charge in [-0.3, -0.25) is 24.0 Å². The monoisotopic (exact) mass is 1030 g/mol. The fourth-order valence-electron chi connectivity index (χ4n) is 8.55. The number of unbranched alkanes of at least 4 members (excludes halogenated alkanes) is 2. The van der Waals surface area contributed by atoms with Crippen LogP contribution in [0.3, 0.4) is 0 Å². The number of Topliss-reactive ketones (excluding diaryl/α,β-unsaturated/α-hetero) is 1. The molecule has 3 fully saturated rings. The van der Waals surface area contributed by atoms with Crippen molar-refractivity contribution in [3.8, 4) is 23.0 Å². The Balaban J connectivity index is 1.05. The van der Waals surface area contributed by atoms with Crippen molar-refractivity contribution in [2.75, 3.05) is 53.2 Å². The molecule has 21 nitrogen and oxygen atoms in total. The van der Waals surface area contributed by atoms with Gasteiger partial charge in [0.05, 0.1) is 68.8 Å². The van der Waals surface area contributed by atoms with Gasteiger partial charge in [-0.2, -0.15) is 0 Å². The number of carbonyl (C=O) groups excluding carboxylic acids is 10. The van der Waals surface area contributed by atoms with Crippen LogP contribution >= 0.6 is 0 Å². The molecule has 400 valence electrons. The Morgan fingerprint density at radius 2 is 0.946 bits per heavy atom. The summed E-state index contributed by atoms with van der Waals surface area (Å²) in [7, 11) is 1.14. The summed E-state index contributed by atoms with van der Waals surface area (Å²) in [6.07, 6.45) is 5.79. The smallest absolute Gasteiger partial charge is 0.415 e. The van der Waals surface area contributed by atoms with Gasteiger partial charge in [0.2, 0.25) is 0 Å². The van der Waals surface area contributed by atoms with E-state index in [2.05, 4.69) is 13.2 Å². The van der Waals surface area contributed by atoms with Gasteiger partial charge in [0.25, 0.3) is 0 Å². The highest BCUT2D eigenvalue weighted by Crippen LogP contribution is 2.35. The van der Waals surface area contributed by atoms with Gasteiger partial charge < -0.3 is 52.4 Å². The summed E-state index contributed by atoms with van der Waals surface area (Å²) in [6, 6.07) is 7.39. The molecule has 3 aliphatic rings. The van der Waals surface area contributed by atoms with Gasteiger partial charge in [-0.1, -0.05) is 13.2 Å². The van der Waals surface area contributed by atoms with E-state index in [-0.39, 0.29) is 104 Å². The second-order valence-corrected chi connectivity index (χ2v) is 18.0. The van der Waals surface area contributed by atoms with Crippen molar-refractivity contribution < 1.29 is 90.6 Å². The van der Waals surface area contributed by atoms with Crippen LogP contribution in [0.15, 0.2) is 61.7 Å². The van der Waals surface area contributed by atoms with Gasteiger partial charge in [0.15, 0.2) is 5.78 Å². The lowest BCUT2D eigenvalue weighted by molar-refractivity contribution is -0.152. The molecule has 0 bridgehead atoms. The van der Waals surface area contributed by atoms with Crippen LogP contribution in [0.2, 0.25) is 0 Å². The van der Waals surface area contributed by atoms with Crippen LogP contribution in [0.25, 0.3) is 0 Å². The van der Waals surface area contributed by atoms with Gasteiger partial charge in [0.1, 0.15) is 28.6 Å². The molecule has 1 heterocycles. The summed E-state index contributed by atoms with van der Waals surface area (Å²) in [5, 5.41) is 0. The van der Waals surface area contributed by atoms with Gasteiger partial charge in [-0.05, 0) is 127 Å². The lowest BCUT2D eigenvalue weighted by atomic mass is 9.82. The molecule has 2 aromatic carbocycles. The topological polar surface area (TPSA) is 260 Å². The normalized spacial score (nSPS) is 19.3. The van der Waals surface area contributed by atoms with E-state index in [1.54, 1.807) is 6.92 Å². The predicted molar refractivity (Wildman–Crippen MR) is 259 cm³/mol. The van der Waals surface area contributed by atoms with Crippen LogP contribution in [-0.4, -0.2) is 129 Å². The van der Waals surface area contributed by atoms with E-state index in [1.807, 2.05) is 0 Å². The first kappa shape index (κ1) is 57.3. The molecule has 2 amide bonds. The number of benzene rings is 2. The first-order valence-electron chi connectivity index (χ1n) is 24.7. The van der Waals surface area contributed by atoms with E-state index >= 15 is 0 Å². The zero-order valence-corrected chi connectivity index (χ0v) is 42.0. The van der Waals surface area contributed by atoms with Gasteiger partial charge in [-0.15, -0.1) is 0 Å². The molecular formula is C53H64N2O19. The lowest BCUT2D eigenvalue weighted by Gasteiger charge is -2.38. The van der Waals surface area contributed by atoms with Crippen molar-refractivity contribution in [1.29, 1.82) is 0 Å². The van der Waals surface area contributed by atoms with Crippen molar-refractivity contribution in [1.82, 2.24) is 9.80 Å². The number of carbonyl (C=O) groups is 10. The summed E-state index contributed by atoms with van der Waals surface area (Å²) >= 11 is 0. The van der Waals surface area contributed by atoms with Crippen molar-refractivity contribution >= 4 is 59.8 Å². The number of ketones is 1. The van der Waals surface area contributed by atoms with Crippen LogP contribution in [0.5, 0.6) is 23.0 Å². The predicted octanol–water partition coefficient (Wildman–Crippen LogP) is 6.91. The molecule has 1 unspecified atom stereocenters. The lowest BCUT2D eigenvalue weighted by Crippen LogP contribution is -2.56. The Bertz CT molecular complexity index is 2400. The third-order valence-corrected chi connectivity index (χ3v) is 12.8. The number of hydrogen-bond acceptors (Lipinski definition) is 19. The number of piperazine rings is 1.